The summed E-state index contributed by atoms with van der Waals surface area (Å²) in [7, 11) is 1.74. The van der Waals surface area contributed by atoms with Gasteiger partial charge in [0.15, 0.2) is 0 Å². The van der Waals surface area contributed by atoms with Gasteiger partial charge in [-0.05, 0) is 85.6 Å². The number of carbonyl (C=O) groups is 4. The van der Waals surface area contributed by atoms with Gasteiger partial charge in [0.05, 0.1) is 12.1 Å². The zero-order chi connectivity index (χ0) is 31.2. The highest BCUT2D eigenvalue weighted by atomic mass is 16.6. The summed E-state index contributed by atoms with van der Waals surface area (Å²) in [5.74, 6) is -0.959. The highest BCUT2D eigenvalue weighted by molar-refractivity contribution is 5.96. The fraction of sp³-hybridized carbons (Fsp3) is 0.812. The Morgan fingerprint density at radius 2 is 1.51 bits per heavy atom. The zero-order valence-electron chi connectivity index (χ0n) is 27.5. The van der Waals surface area contributed by atoms with Crippen LogP contribution in [0.5, 0.6) is 0 Å². The first kappa shape index (κ1) is 34.8. The Hall–Kier alpha value is -2.42. The monoisotopic (exact) mass is 576 g/mol. The van der Waals surface area contributed by atoms with Crippen molar-refractivity contribution in [3.8, 4) is 0 Å². The zero-order valence-corrected chi connectivity index (χ0v) is 27.5. The lowest BCUT2D eigenvalue weighted by molar-refractivity contribution is -0.162. The van der Waals surface area contributed by atoms with Crippen molar-refractivity contribution in [1.82, 2.24) is 20.0 Å². The fourth-order valence-electron chi connectivity index (χ4n) is 5.91. The standard InChI is InChI=1S/C32H56N4O5/c1-20(2)26(19-23(7)29(38)36-18-14-16-25(36)31(40)41-32(8,9)10)34(11)30(39)27(21(3)4)33-28(37)24-15-12-13-17-35(24)22(5)6/h19-22,24-27H,12-18H2,1-11H3,(H,33,37)/t24?,25-,26-,27+/m1/s1. The molecule has 0 aromatic carbocycles. The molecule has 9 heteroatoms. The van der Waals surface area contributed by atoms with Crippen molar-refractivity contribution in [3.05, 3.63) is 11.6 Å². The summed E-state index contributed by atoms with van der Waals surface area (Å²) in [5, 5.41) is 3.08. The Labute approximate surface area is 248 Å². The summed E-state index contributed by atoms with van der Waals surface area (Å²) >= 11 is 0. The van der Waals surface area contributed by atoms with Crippen LogP contribution in [0, 0.1) is 11.8 Å². The van der Waals surface area contributed by atoms with Gasteiger partial charge in [-0.1, -0.05) is 40.2 Å². The maximum Gasteiger partial charge on any atom is 0.329 e. The highest BCUT2D eigenvalue weighted by Gasteiger charge is 2.39. The number of nitrogens with one attached hydrogen (secondary N) is 1. The lowest BCUT2D eigenvalue weighted by Gasteiger charge is -2.39. The minimum Gasteiger partial charge on any atom is -0.458 e. The average molecular weight is 577 g/mol. The third kappa shape index (κ3) is 9.29. The van der Waals surface area contributed by atoms with Gasteiger partial charge < -0.3 is 19.9 Å². The normalized spacial score (nSPS) is 22.2. The van der Waals surface area contributed by atoms with Gasteiger partial charge in [-0.25, -0.2) is 4.79 Å². The van der Waals surface area contributed by atoms with Crippen LogP contribution < -0.4 is 5.32 Å². The number of nitrogens with zero attached hydrogens (tertiary/aromatic N) is 3. The van der Waals surface area contributed by atoms with Crippen molar-refractivity contribution in [2.75, 3.05) is 20.1 Å². The molecule has 2 rings (SSSR count). The van der Waals surface area contributed by atoms with Gasteiger partial charge in [0.25, 0.3) is 0 Å². The van der Waals surface area contributed by atoms with E-state index in [4.69, 9.17) is 4.74 Å². The second-order valence-corrected chi connectivity index (χ2v) is 13.8. The van der Waals surface area contributed by atoms with Crippen LogP contribution in [-0.4, -0.2) is 94.3 Å². The van der Waals surface area contributed by atoms with Crippen LogP contribution in [0.15, 0.2) is 11.6 Å². The number of piperidine rings is 1. The molecule has 0 aromatic heterocycles. The SMILES string of the molecule is CC(=C[C@H](C(C)C)N(C)C(=O)[C@@H](NC(=O)C1CCCCN1C(C)C)C(C)C)C(=O)N1CCC[C@@H]1C(=O)OC(C)(C)C. The summed E-state index contributed by atoms with van der Waals surface area (Å²) in [5.41, 5.74) is -0.143. The largest absolute Gasteiger partial charge is 0.458 e. The first-order valence-corrected chi connectivity index (χ1v) is 15.5. The third-order valence-electron chi connectivity index (χ3n) is 8.17. The molecule has 0 saturated carbocycles. The minimum absolute atomic E-state index is 0.0187. The van der Waals surface area contributed by atoms with Gasteiger partial charge >= 0.3 is 5.97 Å². The van der Waals surface area contributed by atoms with Crippen LogP contribution in [0.25, 0.3) is 0 Å². The lowest BCUT2D eigenvalue weighted by Crippen LogP contribution is -2.58. The first-order chi connectivity index (χ1) is 19.0. The number of carbonyl (C=O) groups excluding carboxylic acids is 4. The fourth-order valence-corrected chi connectivity index (χ4v) is 5.91. The van der Waals surface area contributed by atoms with Gasteiger partial charge in [-0.15, -0.1) is 0 Å². The van der Waals surface area contributed by atoms with Crippen molar-refractivity contribution < 1.29 is 23.9 Å². The molecule has 4 atom stereocenters. The van der Waals surface area contributed by atoms with E-state index in [2.05, 4.69) is 24.1 Å². The average Bonchev–Trinajstić information content (AvgIpc) is 3.37. The van der Waals surface area contributed by atoms with Gasteiger partial charge in [0.2, 0.25) is 17.7 Å². The molecule has 9 nitrogen and oxygen atoms in total. The molecule has 2 aliphatic rings. The van der Waals surface area contributed by atoms with Gasteiger partial charge in [-0.3, -0.25) is 19.3 Å². The quantitative estimate of drug-likeness (QED) is 0.310. The number of likely N-dealkylation sites (N-methyl/N-ethyl adjacent to an activating group) is 1. The Kier molecular flexibility index (Phi) is 12.4. The second kappa shape index (κ2) is 14.7. The Balaban J connectivity index is 2.22. The van der Waals surface area contributed by atoms with Gasteiger partial charge in [-0.2, -0.15) is 0 Å². The molecule has 2 heterocycles. The molecule has 3 amide bonds. The molecule has 0 aromatic rings. The molecular weight excluding hydrogens is 520 g/mol. The highest BCUT2D eigenvalue weighted by Crippen LogP contribution is 2.25. The molecule has 0 spiro atoms. The number of rotatable bonds is 10. The molecular formula is C32H56N4O5. The Morgan fingerprint density at radius 1 is 0.902 bits per heavy atom. The number of likely N-dealkylation sites (tertiary alicyclic amines) is 2. The molecule has 1 N–H and O–H groups in total. The van der Waals surface area contributed by atoms with Crippen LogP contribution in [0.1, 0.15) is 101 Å². The predicted octanol–water partition coefficient (Wildman–Crippen LogP) is 4.15. The van der Waals surface area contributed by atoms with Crippen molar-refractivity contribution in [1.29, 1.82) is 0 Å². The summed E-state index contributed by atoms with van der Waals surface area (Å²) in [6.45, 7) is 20.7. The molecule has 1 unspecified atom stereocenters. The smallest absolute Gasteiger partial charge is 0.329 e. The third-order valence-corrected chi connectivity index (χ3v) is 8.17. The summed E-state index contributed by atoms with van der Waals surface area (Å²) in [6.07, 6.45) is 6.01. The van der Waals surface area contributed by atoms with Crippen LogP contribution >= 0.6 is 0 Å². The van der Waals surface area contributed by atoms with E-state index in [1.807, 2.05) is 54.5 Å². The molecule has 234 valence electrons. The number of amides is 3. The van der Waals surface area contributed by atoms with Gasteiger partial charge in [0.1, 0.15) is 17.7 Å². The topological polar surface area (TPSA) is 99.3 Å². The van der Waals surface area contributed by atoms with E-state index >= 15 is 0 Å². The van der Waals surface area contributed by atoms with E-state index in [0.717, 1.165) is 32.2 Å². The predicted molar refractivity (Wildman–Crippen MR) is 162 cm³/mol. The van der Waals surface area contributed by atoms with Crippen molar-refractivity contribution in [2.24, 2.45) is 11.8 Å². The molecule has 2 saturated heterocycles. The number of ether oxygens (including phenoxy) is 1. The van der Waals surface area contributed by atoms with E-state index < -0.39 is 17.7 Å². The first-order valence-electron chi connectivity index (χ1n) is 15.5. The van der Waals surface area contributed by atoms with E-state index in [1.54, 1.807) is 23.8 Å². The van der Waals surface area contributed by atoms with E-state index in [-0.39, 0.29) is 53.7 Å². The molecule has 2 fully saturated rings. The van der Waals surface area contributed by atoms with Crippen LogP contribution in [0.4, 0.5) is 0 Å². The Morgan fingerprint density at radius 3 is 2.05 bits per heavy atom. The Bertz CT molecular complexity index is 968. The maximum atomic E-state index is 13.9. The van der Waals surface area contributed by atoms with Crippen molar-refractivity contribution in [3.63, 3.8) is 0 Å². The second-order valence-electron chi connectivity index (χ2n) is 13.8. The molecule has 0 radical (unpaired) electrons. The number of esters is 1. The summed E-state index contributed by atoms with van der Waals surface area (Å²) < 4.78 is 5.57. The van der Waals surface area contributed by atoms with E-state index in [1.165, 1.54) is 0 Å². The summed E-state index contributed by atoms with van der Waals surface area (Å²) in [6, 6.07) is -1.63. The van der Waals surface area contributed by atoms with Gasteiger partial charge in [0, 0.05) is 25.2 Å². The van der Waals surface area contributed by atoms with Crippen LogP contribution in [0.3, 0.4) is 0 Å². The molecule has 0 aliphatic carbocycles. The molecule has 0 bridgehead atoms. The van der Waals surface area contributed by atoms with Crippen LogP contribution in [0.2, 0.25) is 0 Å². The van der Waals surface area contributed by atoms with Crippen LogP contribution in [-0.2, 0) is 23.9 Å². The van der Waals surface area contributed by atoms with E-state index in [0.29, 0.717) is 18.5 Å². The van der Waals surface area contributed by atoms with E-state index in [9.17, 15) is 19.2 Å². The minimum atomic E-state index is -0.677. The molecule has 41 heavy (non-hydrogen) atoms. The van der Waals surface area contributed by atoms with Crippen molar-refractivity contribution in [2.45, 2.75) is 137 Å². The summed E-state index contributed by atoms with van der Waals surface area (Å²) in [4.78, 5) is 59.1. The number of hydrogen-bond acceptors (Lipinski definition) is 6. The molecule has 2 aliphatic heterocycles. The maximum absolute atomic E-state index is 13.9. The lowest BCUT2D eigenvalue weighted by atomic mass is 9.95. The number of hydrogen-bond donors (Lipinski definition) is 1. The van der Waals surface area contributed by atoms with Crippen molar-refractivity contribution >= 4 is 23.7 Å².